The van der Waals surface area contributed by atoms with Gasteiger partial charge in [0.2, 0.25) is 0 Å². The highest BCUT2D eigenvalue weighted by atomic mass is 16.5. The van der Waals surface area contributed by atoms with Crippen LogP contribution in [0.4, 0.5) is 5.69 Å². The second-order valence-corrected chi connectivity index (χ2v) is 5.51. The van der Waals surface area contributed by atoms with Crippen LogP contribution in [0.15, 0.2) is 12.3 Å². The summed E-state index contributed by atoms with van der Waals surface area (Å²) in [6, 6.07) is 2.23. The van der Waals surface area contributed by atoms with E-state index in [1.54, 1.807) is 6.07 Å². The summed E-state index contributed by atoms with van der Waals surface area (Å²) in [6.45, 7) is 5.00. The molecular formula is C14H22N4O2. The zero-order chi connectivity index (χ0) is 13.9. The van der Waals surface area contributed by atoms with Crippen LogP contribution in [0.1, 0.15) is 29.4 Å². The highest BCUT2D eigenvalue weighted by Crippen LogP contribution is 2.37. The van der Waals surface area contributed by atoms with Crippen molar-refractivity contribution < 1.29 is 9.53 Å². The van der Waals surface area contributed by atoms with E-state index in [9.17, 15) is 4.79 Å². The molecule has 1 aliphatic heterocycles. The molecule has 0 bridgehead atoms. The minimum absolute atomic E-state index is 0.0261. The van der Waals surface area contributed by atoms with Crippen molar-refractivity contribution >= 4 is 11.6 Å². The molecule has 1 amide bonds. The molecule has 0 unspecified atom stereocenters. The maximum atomic E-state index is 12.2. The molecule has 3 rings (SSSR count). The molecular weight excluding hydrogens is 256 g/mol. The Bertz CT molecular complexity index is 476. The van der Waals surface area contributed by atoms with Crippen molar-refractivity contribution in [2.24, 2.45) is 0 Å². The summed E-state index contributed by atoms with van der Waals surface area (Å²) in [7, 11) is 0. The molecule has 1 aromatic heterocycles. The second-order valence-electron chi connectivity index (χ2n) is 5.51. The van der Waals surface area contributed by atoms with Crippen molar-refractivity contribution in [3.63, 3.8) is 0 Å². The first-order chi connectivity index (χ1) is 9.74. The molecule has 2 aliphatic rings. The van der Waals surface area contributed by atoms with Gasteiger partial charge in [0.1, 0.15) is 5.69 Å². The van der Waals surface area contributed by atoms with Gasteiger partial charge in [0.15, 0.2) is 0 Å². The first kappa shape index (κ1) is 13.5. The second kappa shape index (κ2) is 5.85. The molecule has 2 fully saturated rings. The van der Waals surface area contributed by atoms with Gasteiger partial charge in [-0.3, -0.25) is 9.69 Å². The van der Waals surface area contributed by atoms with Crippen LogP contribution in [0.25, 0.3) is 0 Å². The topological polar surface area (TPSA) is 72.5 Å². The highest BCUT2D eigenvalue weighted by molar-refractivity contribution is 5.93. The van der Waals surface area contributed by atoms with Gasteiger partial charge in [0.05, 0.1) is 18.9 Å². The minimum Gasteiger partial charge on any atom is -0.397 e. The Morgan fingerprint density at radius 1 is 1.40 bits per heavy atom. The van der Waals surface area contributed by atoms with E-state index in [1.165, 1.54) is 0 Å². The summed E-state index contributed by atoms with van der Waals surface area (Å²) in [6.07, 6.45) is 4.15. The lowest BCUT2D eigenvalue weighted by atomic mass is 10.3. The van der Waals surface area contributed by atoms with E-state index < -0.39 is 0 Å². The quantitative estimate of drug-likeness (QED) is 0.821. The van der Waals surface area contributed by atoms with Gasteiger partial charge in [-0.2, -0.15) is 0 Å². The van der Waals surface area contributed by atoms with E-state index in [4.69, 9.17) is 10.5 Å². The number of nitrogens with zero attached hydrogens (tertiary/aromatic N) is 2. The van der Waals surface area contributed by atoms with Crippen molar-refractivity contribution in [3.8, 4) is 0 Å². The number of amides is 1. The first-order valence-corrected chi connectivity index (χ1v) is 7.29. The fourth-order valence-electron chi connectivity index (χ4n) is 2.58. The lowest BCUT2D eigenvalue weighted by Gasteiger charge is -2.26. The monoisotopic (exact) mass is 278 g/mol. The number of hydrogen-bond acceptors (Lipinski definition) is 4. The predicted molar refractivity (Wildman–Crippen MR) is 76.7 cm³/mol. The highest BCUT2D eigenvalue weighted by Gasteiger charge is 2.27. The number of ether oxygens (including phenoxy) is 1. The van der Waals surface area contributed by atoms with Gasteiger partial charge in [-0.15, -0.1) is 0 Å². The fraction of sp³-hybridized carbons (Fsp3) is 0.643. The molecule has 1 saturated heterocycles. The lowest BCUT2D eigenvalue weighted by molar-refractivity contribution is 0.0383. The van der Waals surface area contributed by atoms with Crippen LogP contribution in [0.2, 0.25) is 0 Å². The number of rotatable bonds is 5. The molecule has 6 heteroatoms. The molecule has 3 N–H and O–H groups in total. The molecule has 20 heavy (non-hydrogen) atoms. The summed E-state index contributed by atoms with van der Waals surface area (Å²) in [5, 5.41) is 2.98. The number of nitrogen functional groups attached to an aromatic ring is 1. The first-order valence-electron chi connectivity index (χ1n) is 7.29. The molecule has 1 saturated carbocycles. The summed E-state index contributed by atoms with van der Waals surface area (Å²) in [4.78, 5) is 14.5. The van der Waals surface area contributed by atoms with Crippen LogP contribution in [0, 0.1) is 0 Å². The van der Waals surface area contributed by atoms with Gasteiger partial charge >= 0.3 is 0 Å². The summed E-state index contributed by atoms with van der Waals surface area (Å²) in [5.41, 5.74) is 7.15. The number of anilines is 1. The van der Waals surface area contributed by atoms with Crippen LogP contribution in [0.3, 0.4) is 0 Å². The van der Waals surface area contributed by atoms with Crippen molar-refractivity contribution in [3.05, 3.63) is 18.0 Å². The molecule has 0 atom stereocenters. The number of morpholine rings is 1. The van der Waals surface area contributed by atoms with E-state index in [-0.39, 0.29) is 5.91 Å². The zero-order valence-corrected chi connectivity index (χ0v) is 11.7. The Hall–Kier alpha value is -1.53. The van der Waals surface area contributed by atoms with E-state index in [0.717, 1.165) is 45.7 Å². The van der Waals surface area contributed by atoms with E-state index >= 15 is 0 Å². The van der Waals surface area contributed by atoms with Gasteiger partial charge in [-0.1, -0.05) is 0 Å². The average molecular weight is 278 g/mol. The van der Waals surface area contributed by atoms with Crippen LogP contribution < -0.4 is 11.1 Å². The van der Waals surface area contributed by atoms with Gasteiger partial charge in [0.25, 0.3) is 5.91 Å². The molecule has 0 spiro atoms. The van der Waals surface area contributed by atoms with E-state index in [2.05, 4.69) is 10.2 Å². The van der Waals surface area contributed by atoms with Gasteiger partial charge in [0, 0.05) is 38.4 Å². The number of hydrogen-bond donors (Lipinski definition) is 2. The Balaban J connectivity index is 1.51. The Morgan fingerprint density at radius 3 is 2.85 bits per heavy atom. The predicted octanol–water partition coefficient (Wildman–Crippen LogP) is 0.467. The van der Waals surface area contributed by atoms with Gasteiger partial charge in [-0.25, -0.2) is 0 Å². The number of aromatic nitrogens is 1. The van der Waals surface area contributed by atoms with Crippen molar-refractivity contribution in [2.75, 3.05) is 45.1 Å². The van der Waals surface area contributed by atoms with Crippen LogP contribution in [-0.2, 0) is 4.74 Å². The molecule has 0 aromatic carbocycles. The van der Waals surface area contributed by atoms with Crippen LogP contribution >= 0.6 is 0 Å². The van der Waals surface area contributed by atoms with Crippen molar-refractivity contribution in [1.29, 1.82) is 0 Å². The van der Waals surface area contributed by atoms with Crippen molar-refractivity contribution in [1.82, 2.24) is 14.8 Å². The SMILES string of the molecule is Nc1cc(C(=O)NCCN2CCOCC2)n(C2CC2)c1. The zero-order valence-electron chi connectivity index (χ0n) is 11.7. The average Bonchev–Trinajstić information content (AvgIpc) is 3.22. The smallest absolute Gasteiger partial charge is 0.268 e. The van der Waals surface area contributed by atoms with E-state index in [1.807, 2.05) is 10.8 Å². The molecule has 110 valence electrons. The number of nitrogens with one attached hydrogen (secondary N) is 1. The van der Waals surface area contributed by atoms with Gasteiger partial charge in [-0.05, 0) is 18.9 Å². The Morgan fingerprint density at radius 2 is 2.15 bits per heavy atom. The number of carbonyl (C=O) groups excluding carboxylic acids is 1. The lowest BCUT2D eigenvalue weighted by Crippen LogP contribution is -2.41. The molecule has 2 heterocycles. The maximum Gasteiger partial charge on any atom is 0.268 e. The number of carbonyl (C=O) groups is 1. The molecule has 0 radical (unpaired) electrons. The molecule has 1 aliphatic carbocycles. The maximum absolute atomic E-state index is 12.2. The third-order valence-electron chi connectivity index (χ3n) is 3.86. The largest absolute Gasteiger partial charge is 0.397 e. The van der Waals surface area contributed by atoms with Gasteiger partial charge < -0.3 is 20.4 Å². The number of nitrogens with two attached hydrogens (primary N) is 1. The van der Waals surface area contributed by atoms with Crippen LogP contribution in [0.5, 0.6) is 0 Å². The van der Waals surface area contributed by atoms with Crippen LogP contribution in [-0.4, -0.2) is 54.8 Å². The Kier molecular flexibility index (Phi) is 3.93. The molecule has 1 aromatic rings. The molecule has 6 nitrogen and oxygen atoms in total. The summed E-state index contributed by atoms with van der Waals surface area (Å²) >= 11 is 0. The minimum atomic E-state index is -0.0261. The Labute approximate surface area is 118 Å². The standard InChI is InChI=1S/C14H22N4O2/c15-11-9-13(18(10-11)12-1-2-12)14(19)16-3-4-17-5-7-20-8-6-17/h9-10,12H,1-8,15H2,(H,16,19). The summed E-state index contributed by atoms with van der Waals surface area (Å²) in [5.74, 6) is -0.0261. The third-order valence-corrected chi connectivity index (χ3v) is 3.86. The van der Waals surface area contributed by atoms with E-state index in [0.29, 0.717) is 24.0 Å². The third kappa shape index (κ3) is 3.13. The van der Waals surface area contributed by atoms with Crippen molar-refractivity contribution in [2.45, 2.75) is 18.9 Å². The normalized spacial score (nSPS) is 20.0. The fourth-order valence-corrected chi connectivity index (χ4v) is 2.58. The summed E-state index contributed by atoms with van der Waals surface area (Å²) < 4.78 is 7.32.